The lowest BCUT2D eigenvalue weighted by atomic mass is 10.00. The molecule has 8 nitrogen and oxygen atoms in total. The number of amides is 1. The second kappa shape index (κ2) is 9.60. The van der Waals surface area contributed by atoms with Crippen molar-refractivity contribution in [3.8, 4) is 0 Å². The Bertz CT molecular complexity index is 1170. The molecule has 0 spiro atoms. The van der Waals surface area contributed by atoms with Gasteiger partial charge in [0.1, 0.15) is 5.82 Å². The van der Waals surface area contributed by atoms with Gasteiger partial charge >= 0.3 is 0 Å². The summed E-state index contributed by atoms with van der Waals surface area (Å²) in [7, 11) is 0. The Morgan fingerprint density at radius 3 is 2.59 bits per heavy atom. The third-order valence-corrected chi connectivity index (χ3v) is 6.74. The van der Waals surface area contributed by atoms with Crippen molar-refractivity contribution >= 4 is 35.3 Å². The van der Waals surface area contributed by atoms with Gasteiger partial charge in [0.05, 0.1) is 11.3 Å². The van der Waals surface area contributed by atoms with Gasteiger partial charge in [-0.1, -0.05) is 18.0 Å². The Hall–Kier alpha value is -3.17. The number of hydrogen-bond donors (Lipinski definition) is 2. The zero-order chi connectivity index (χ0) is 23.7. The van der Waals surface area contributed by atoms with E-state index >= 15 is 0 Å². The number of carbonyl (C=O) groups is 1. The highest BCUT2D eigenvalue weighted by Gasteiger charge is 2.36. The number of anilines is 3. The topological polar surface area (TPSA) is 86.3 Å². The van der Waals surface area contributed by atoms with Gasteiger partial charge in [0.15, 0.2) is 0 Å². The minimum absolute atomic E-state index is 0.0438. The number of aryl methyl sites for hydroxylation is 2. The Labute approximate surface area is 204 Å². The van der Waals surface area contributed by atoms with Gasteiger partial charge in [-0.3, -0.25) is 9.69 Å². The van der Waals surface area contributed by atoms with Crippen molar-refractivity contribution in [2.24, 2.45) is 0 Å². The zero-order valence-electron chi connectivity index (χ0n) is 19.7. The van der Waals surface area contributed by atoms with E-state index in [1.807, 2.05) is 29.5 Å². The number of fused-ring (bicyclic) bond motifs is 1. The number of pyridine rings is 1. The smallest absolute Gasteiger partial charge is 0.255 e. The van der Waals surface area contributed by atoms with E-state index in [9.17, 15) is 4.79 Å². The van der Waals surface area contributed by atoms with Crippen molar-refractivity contribution in [3.63, 3.8) is 0 Å². The molecule has 3 aromatic rings. The number of carbonyl (C=O) groups excluding carboxylic acids is 1. The quantitative estimate of drug-likeness (QED) is 0.521. The van der Waals surface area contributed by atoms with Crippen LogP contribution in [0.1, 0.15) is 32.7 Å². The average Bonchev–Trinajstić information content (AvgIpc) is 2.78. The van der Waals surface area contributed by atoms with Crippen molar-refractivity contribution < 1.29 is 4.79 Å². The molecule has 0 unspecified atom stereocenters. The summed E-state index contributed by atoms with van der Waals surface area (Å²) >= 11 is 1.48. The number of nitrogens with zero attached hydrogens (tertiary/aromatic N) is 5. The predicted octanol–water partition coefficient (Wildman–Crippen LogP) is 3.80. The summed E-state index contributed by atoms with van der Waals surface area (Å²) in [4.78, 5) is 30.7. The van der Waals surface area contributed by atoms with Crippen LogP contribution < -0.4 is 10.0 Å². The van der Waals surface area contributed by atoms with E-state index in [2.05, 4.69) is 57.0 Å². The number of nitrogens with one attached hydrogen (secondary N) is 2. The molecule has 1 aromatic carbocycles. The van der Waals surface area contributed by atoms with Crippen molar-refractivity contribution in [2.75, 3.05) is 35.9 Å². The lowest BCUT2D eigenvalue weighted by molar-refractivity contribution is 0.0215. The molecule has 2 N–H and O–H groups in total. The Balaban J connectivity index is 1.17. The van der Waals surface area contributed by atoms with E-state index in [0.717, 1.165) is 49.8 Å². The van der Waals surface area contributed by atoms with Gasteiger partial charge in [0.25, 0.3) is 5.91 Å². The highest BCUT2D eigenvalue weighted by molar-refractivity contribution is 7.99. The van der Waals surface area contributed by atoms with E-state index < -0.39 is 0 Å². The van der Waals surface area contributed by atoms with Gasteiger partial charge < -0.3 is 14.9 Å². The van der Waals surface area contributed by atoms with Crippen LogP contribution in [0, 0.1) is 13.8 Å². The molecular weight excluding hydrogens is 446 g/mol. The monoisotopic (exact) mass is 475 g/mol. The molecule has 1 amide bonds. The van der Waals surface area contributed by atoms with Crippen LogP contribution in [0.3, 0.4) is 0 Å². The van der Waals surface area contributed by atoms with E-state index in [0.29, 0.717) is 17.6 Å². The second-order valence-electron chi connectivity index (χ2n) is 8.99. The van der Waals surface area contributed by atoms with E-state index in [1.165, 1.54) is 28.6 Å². The third kappa shape index (κ3) is 4.85. The molecule has 2 aliphatic rings. The minimum atomic E-state index is 0.0438. The summed E-state index contributed by atoms with van der Waals surface area (Å²) in [5, 5.41) is 3.35. The van der Waals surface area contributed by atoms with Crippen LogP contribution in [0.15, 0.2) is 42.7 Å². The first-order valence-corrected chi connectivity index (χ1v) is 12.7. The molecule has 2 aromatic heterocycles. The summed E-state index contributed by atoms with van der Waals surface area (Å²) in [6, 6.07) is 10.4. The number of aromatic nitrogens is 3. The van der Waals surface area contributed by atoms with Gasteiger partial charge in [-0.05, 0) is 49.2 Å². The largest absolute Gasteiger partial charge is 0.335 e. The molecule has 0 saturated carbocycles. The van der Waals surface area contributed by atoms with Crippen LogP contribution in [0.2, 0.25) is 0 Å². The lowest BCUT2D eigenvalue weighted by Gasteiger charge is -2.46. The highest BCUT2D eigenvalue weighted by Crippen LogP contribution is 2.26. The van der Waals surface area contributed by atoms with Crippen molar-refractivity contribution in [1.82, 2.24) is 24.8 Å². The average molecular weight is 476 g/mol. The SMILES string of the molecule is CSNc1ccc(C(=O)N2CC(N3CCc4nc(Nc5cc(C)cc(C)c5)ncc4C3)C2)cn1. The Morgan fingerprint density at radius 1 is 1.09 bits per heavy atom. The maximum absolute atomic E-state index is 12.8. The molecule has 0 bridgehead atoms. The van der Waals surface area contributed by atoms with Crippen molar-refractivity contribution in [1.29, 1.82) is 0 Å². The van der Waals surface area contributed by atoms with E-state index in [-0.39, 0.29) is 5.91 Å². The fourth-order valence-corrected chi connectivity index (χ4v) is 4.94. The fraction of sp³-hybridized carbons (Fsp3) is 0.360. The highest BCUT2D eigenvalue weighted by atomic mass is 32.2. The van der Waals surface area contributed by atoms with Crippen molar-refractivity contribution in [3.05, 3.63) is 70.7 Å². The molecule has 0 atom stereocenters. The summed E-state index contributed by atoms with van der Waals surface area (Å²) in [5.74, 6) is 1.44. The van der Waals surface area contributed by atoms with E-state index in [1.54, 1.807) is 6.20 Å². The van der Waals surface area contributed by atoms with Gasteiger partial charge in [-0.15, -0.1) is 0 Å². The third-order valence-electron chi connectivity index (χ3n) is 6.32. The van der Waals surface area contributed by atoms with Crippen LogP contribution in [0.5, 0.6) is 0 Å². The molecule has 9 heteroatoms. The van der Waals surface area contributed by atoms with Crippen molar-refractivity contribution in [2.45, 2.75) is 32.9 Å². The molecule has 1 saturated heterocycles. The first-order chi connectivity index (χ1) is 16.5. The summed E-state index contributed by atoms with van der Waals surface area (Å²) in [6.07, 6.45) is 6.41. The maximum atomic E-state index is 12.8. The van der Waals surface area contributed by atoms with Gasteiger partial charge in [-0.2, -0.15) is 0 Å². The fourth-order valence-electron chi connectivity index (χ4n) is 4.61. The molecule has 0 radical (unpaired) electrons. The summed E-state index contributed by atoms with van der Waals surface area (Å²) < 4.78 is 3.07. The Morgan fingerprint density at radius 2 is 1.88 bits per heavy atom. The van der Waals surface area contributed by atoms with Crippen LogP contribution in [0.4, 0.5) is 17.5 Å². The number of hydrogen-bond acceptors (Lipinski definition) is 8. The van der Waals surface area contributed by atoms with E-state index in [4.69, 9.17) is 4.98 Å². The minimum Gasteiger partial charge on any atom is -0.335 e. The maximum Gasteiger partial charge on any atom is 0.255 e. The molecular formula is C25H29N7OS. The van der Waals surface area contributed by atoms with Crippen LogP contribution in [-0.2, 0) is 13.0 Å². The number of rotatable bonds is 6. The van der Waals surface area contributed by atoms with Gasteiger partial charge in [0, 0.05) is 68.5 Å². The molecule has 176 valence electrons. The molecule has 1 fully saturated rings. The lowest BCUT2D eigenvalue weighted by Crippen LogP contribution is -2.61. The standard InChI is InChI=1S/C25H29N7OS/c1-16-8-17(2)10-20(9-16)28-25-27-12-19-13-31(7-6-22(19)29-25)21-14-32(15-21)24(33)18-4-5-23(26-11-18)30-34-3/h4-5,8-12,21H,6-7,13-15H2,1-3H3,(H,26,30)(H,27,28,29). The zero-order valence-corrected chi connectivity index (χ0v) is 20.5. The van der Waals surface area contributed by atoms with Crippen LogP contribution in [0.25, 0.3) is 0 Å². The first kappa shape index (κ1) is 22.6. The normalized spacial score (nSPS) is 16.0. The Kier molecular flexibility index (Phi) is 6.38. The molecule has 0 aliphatic carbocycles. The molecule has 2 aliphatic heterocycles. The van der Waals surface area contributed by atoms with Gasteiger partial charge in [-0.25, -0.2) is 15.0 Å². The molecule has 5 rings (SSSR count). The number of benzene rings is 1. The predicted molar refractivity (Wildman–Crippen MR) is 136 cm³/mol. The second-order valence-corrected chi connectivity index (χ2v) is 9.60. The molecule has 4 heterocycles. The number of likely N-dealkylation sites (tertiary alicyclic amines) is 1. The van der Waals surface area contributed by atoms with Crippen LogP contribution >= 0.6 is 11.9 Å². The first-order valence-electron chi connectivity index (χ1n) is 11.5. The molecule has 34 heavy (non-hydrogen) atoms. The summed E-state index contributed by atoms with van der Waals surface area (Å²) in [6.45, 7) is 7.43. The van der Waals surface area contributed by atoms with Gasteiger partial charge in [0.2, 0.25) is 5.95 Å². The summed E-state index contributed by atoms with van der Waals surface area (Å²) in [5.41, 5.74) is 6.35. The van der Waals surface area contributed by atoms with Crippen LogP contribution in [-0.4, -0.2) is 62.6 Å².